The summed E-state index contributed by atoms with van der Waals surface area (Å²) in [7, 11) is 1.60. The normalized spacial score (nSPS) is 12.4. The lowest BCUT2D eigenvalue weighted by molar-refractivity contribution is 0.399. The molecule has 0 saturated carbocycles. The largest absolute Gasteiger partial charge is 0.480 e. The lowest BCUT2D eigenvalue weighted by Gasteiger charge is -2.02. The summed E-state index contributed by atoms with van der Waals surface area (Å²) in [5, 5.41) is 10.2. The predicted octanol–water partition coefficient (Wildman–Crippen LogP) is 3.45. The van der Waals surface area contributed by atoms with E-state index in [-0.39, 0.29) is 4.83 Å². The highest BCUT2D eigenvalue weighted by Crippen LogP contribution is 2.35. The van der Waals surface area contributed by atoms with Gasteiger partial charge in [-0.3, -0.25) is 0 Å². The Morgan fingerprint density at radius 3 is 3.00 bits per heavy atom. The van der Waals surface area contributed by atoms with Crippen molar-refractivity contribution in [3.05, 3.63) is 23.3 Å². The molecule has 0 spiro atoms. The van der Waals surface area contributed by atoms with Gasteiger partial charge in [0.25, 0.3) is 0 Å². The minimum atomic E-state index is 0.261. The van der Waals surface area contributed by atoms with Gasteiger partial charge >= 0.3 is 0 Å². The van der Waals surface area contributed by atoms with Crippen LogP contribution in [0.4, 0.5) is 0 Å². The van der Waals surface area contributed by atoms with Crippen molar-refractivity contribution in [1.29, 1.82) is 0 Å². The number of hydrogen-bond donors (Lipinski definition) is 0. The highest BCUT2D eigenvalue weighted by atomic mass is 79.9. The van der Waals surface area contributed by atoms with Gasteiger partial charge in [-0.05, 0) is 18.6 Å². The molecular formula is C11H12BrN3OS. The molecule has 2 heterocycles. The maximum absolute atomic E-state index is 5.21. The second-order valence-electron chi connectivity index (χ2n) is 3.38. The number of alkyl halides is 1. The molecule has 0 fully saturated rings. The van der Waals surface area contributed by atoms with Crippen LogP contribution in [0.5, 0.6) is 5.88 Å². The molecule has 1 atom stereocenters. The van der Waals surface area contributed by atoms with Crippen LogP contribution >= 0.6 is 27.3 Å². The number of hydrogen-bond acceptors (Lipinski definition) is 5. The van der Waals surface area contributed by atoms with Gasteiger partial charge in [0.1, 0.15) is 5.01 Å². The molecule has 90 valence electrons. The molecule has 17 heavy (non-hydrogen) atoms. The van der Waals surface area contributed by atoms with E-state index in [2.05, 4.69) is 38.0 Å². The van der Waals surface area contributed by atoms with E-state index < -0.39 is 0 Å². The van der Waals surface area contributed by atoms with Gasteiger partial charge in [-0.15, -0.1) is 10.2 Å². The van der Waals surface area contributed by atoms with E-state index in [4.69, 9.17) is 4.74 Å². The van der Waals surface area contributed by atoms with E-state index in [1.54, 1.807) is 24.6 Å². The topological polar surface area (TPSA) is 47.9 Å². The smallest absolute Gasteiger partial charge is 0.223 e. The van der Waals surface area contributed by atoms with Crippen molar-refractivity contribution in [3.8, 4) is 16.5 Å². The van der Waals surface area contributed by atoms with Crippen molar-refractivity contribution in [1.82, 2.24) is 15.2 Å². The van der Waals surface area contributed by atoms with E-state index in [0.29, 0.717) is 5.88 Å². The van der Waals surface area contributed by atoms with Crippen LogP contribution < -0.4 is 4.74 Å². The molecule has 0 aliphatic rings. The van der Waals surface area contributed by atoms with Gasteiger partial charge in [-0.2, -0.15) is 0 Å². The summed E-state index contributed by atoms with van der Waals surface area (Å²) < 4.78 is 5.21. The molecular weight excluding hydrogens is 302 g/mol. The van der Waals surface area contributed by atoms with Crippen molar-refractivity contribution < 1.29 is 4.74 Å². The van der Waals surface area contributed by atoms with Crippen LogP contribution in [0.25, 0.3) is 10.6 Å². The zero-order valence-electron chi connectivity index (χ0n) is 9.55. The molecule has 1 unspecified atom stereocenters. The average Bonchev–Trinajstić information content (AvgIpc) is 2.87. The first-order chi connectivity index (χ1) is 8.26. The van der Waals surface area contributed by atoms with Crippen molar-refractivity contribution in [2.75, 3.05) is 7.11 Å². The van der Waals surface area contributed by atoms with Crippen LogP contribution in [0.1, 0.15) is 23.2 Å². The van der Waals surface area contributed by atoms with E-state index in [0.717, 1.165) is 22.0 Å². The maximum atomic E-state index is 5.21. The number of halogens is 1. The first-order valence-corrected chi connectivity index (χ1v) is 6.96. The van der Waals surface area contributed by atoms with Crippen LogP contribution in [0.15, 0.2) is 18.3 Å². The molecule has 0 saturated heterocycles. The number of methoxy groups -OCH3 is 1. The number of pyridine rings is 1. The van der Waals surface area contributed by atoms with Crippen LogP contribution in [-0.2, 0) is 0 Å². The second kappa shape index (κ2) is 5.55. The summed E-state index contributed by atoms with van der Waals surface area (Å²) in [5.74, 6) is 0.581. The molecule has 2 rings (SSSR count). The summed E-state index contributed by atoms with van der Waals surface area (Å²) in [4.78, 5) is 4.41. The average molecular weight is 314 g/mol. The Morgan fingerprint density at radius 2 is 2.29 bits per heavy atom. The third-order valence-corrected chi connectivity index (χ3v) is 4.72. The minimum Gasteiger partial charge on any atom is -0.480 e. The predicted molar refractivity (Wildman–Crippen MR) is 71.7 cm³/mol. The van der Waals surface area contributed by atoms with Crippen LogP contribution in [0.2, 0.25) is 0 Å². The zero-order chi connectivity index (χ0) is 12.3. The van der Waals surface area contributed by atoms with Gasteiger partial charge in [-0.1, -0.05) is 34.2 Å². The Morgan fingerprint density at radius 1 is 1.47 bits per heavy atom. The molecule has 6 heteroatoms. The van der Waals surface area contributed by atoms with Gasteiger partial charge in [0.15, 0.2) is 5.01 Å². The Hall–Kier alpha value is -1.01. The summed E-state index contributed by atoms with van der Waals surface area (Å²) in [5.41, 5.74) is 0.884. The molecule has 0 bridgehead atoms. The fourth-order valence-corrected chi connectivity index (χ4v) is 2.65. The third kappa shape index (κ3) is 2.63. The van der Waals surface area contributed by atoms with Crippen molar-refractivity contribution >= 4 is 27.3 Å². The molecule has 0 aliphatic carbocycles. The zero-order valence-corrected chi connectivity index (χ0v) is 12.0. The number of ether oxygens (including phenoxy) is 1. The highest BCUT2D eigenvalue weighted by molar-refractivity contribution is 9.09. The summed E-state index contributed by atoms with van der Waals surface area (Å²) in [6.07, 6.45) is 2.68. The number of rotatable bonds is 4. The Labute approximate surface area is 112 Å². The maximum Gasteiger partial charge on any atom is 0.223 e. The Bertz CT molecular complexity index is 503. The van der Waals surface area contributed by atoms with Crippen molar-refractivity contribution in [3.63, 3.8) is 0 Å². The summed E-state index contributed by atoms with van der Waals surface area (Å²) in [6, 6.07) is 3.80. The van der Waals surface area contributed by atoms with Gasteiger partial charge in [-0.25, -0.2) is 4.98 Å². The van der Waals surface area contributed by atoms with Crippen molar-refractivity contribution in [2.45, 2.75) is 18.2 Å². The summed E-state index contributed by atoms with van der Waals surface area (Å²) >= 11 is 5.13. The first kappa shape index (κ1) is 12.4. The second-order valence-corrected chi connectivity index (χ2v) is 5.50. The Kier molecular flexibility index (Phi) is 4.06. The van der Waals surface area contributed by atoms with Crippen LogP contribution in [0, 0.1) is 0 Å². The molecule has 2 aromatic rings. The molecule has 2 aromatic heterocycles. The van der Waals surface area contributed by atoms with E-state index in [1.807, 2.05) is 12.1 Å². The molecule has 0 amide bonds. The van der Waals surface area contributed by atoms with Gasteiger partial charge < -0.3 is 4.74 Å². The van der Waals surface area contributed by atoms with E-state index >= 15 is 0 Å². The van der Waals surface area contributed by atoms with Crippen LogP contribution in [-0.4, -0.2) is 22.3 Å². The number of nitrogens with zero attached hydrogens (tertiary/aromatic N) is 3. The number of aromatic nitrogens is 3. The van der Waals surface area contributed by atoms with Crippen LogP contribution in [0.3, 0.4) is 0 Å². The molecule has 0 aliphatic heterocycles. The SMILES string of the molecule is CCC(Br)c1nnc(-c2cccnc2OC)s1. The molecule has 0 aromatic carbocycles. The van der Waals surface area contributed by atoms with Gasteiger partial charge in [0.05, 0.1) is 17.5 Å². The monoisotopic (exact) mass is 313 g/mol. The summed E-state index contributed by atoms with van der Waals surface area (Å²) in [6.45, 7) is 2.10. The quantitative estimate of drug-likeness (QED) is 0.811. The lowest BCUT2D eigenvalue weighted by atomic mass is 10.3. The fraction of sp³-hybridized carbons (Fsp3) is 0.364. The molecule has 4 nitrogen and oxygen atoms in total. The minimum absolute atomic E-state index is 0.261. The van der Waals surface area contributed by atoms with Gasteiger partial charge in [0.2, 0.25) is 5.88 Å². The Balaban J connectivity index is 2.37. The molecule has 0 N–H and O–H groups in total. The fourth-order valence-electron chi connectivity index (χ4n) is 1.36. The highest BCUT2D eigenvalue weighted by Gasteiger charge is 2.15. The van der Waals surface area contributed by atoms with E-state index in [9.17, 15) is 0 Å². The standard InChI is InChI=1S/C11H12BrN3OS/c1-3-8(12)11-15-14-10(17-11)7-5-4-6-13-9(7)16-2/h4-6,8H,3H2,1-2H3. The first-order valence-electron chi connectivity index (χ1n) is 5.23. The third-order valence-electron chi connectivity index (χ3n) is 2.26. The van der Waals surface area contributed by atoms with Crippen molar-refractivity contribution in [2.24, 2.45) is 0 Å². The molecule has 0 radical (unpaired) electrons. The van der Waals surface area contributed by atoms with Gasteiger partial charge in [0, 0.05) is 6.20 Å². The lowest BCUT2D eigenvalue weighted by Crippen LogP contribution is -1.90. The van der Waals surface area contributed by atoms with E-state index in [1.165, 1.54) is 0 Å².